The van der Waals surface area contributed by atoms with Crippen molar-refractivity contribution in [1.29, 1.82) is 0 Å². The Hall–Kier alpha value is -0.830. The molecule has 1 rings (SSSR count). The quantitative estimate of drug-likeness (QED) is 0.442. The number of hydrogen-bond donors (Lipinski definition) is 1. The molecule has 1 N–H and O–H groups in total. The summed E-state index contributed by atoms with van der Waals surface area (Å²) in [6.07, 6.45) is 4.78. The molecule has 3 nitrogen and oxygen atoms in total. The Morgan fingerprint density at radius 1 is 1.73 bits per heavy atom. The summed E-state index contributed by atoms with van der Waals surface area (Å²) in [5.74, 6) is -0.179. The summed E-state index contributed by atoms with van der Waals surface area (Å²) in [6.45, 7) is 2.01. The van der Waals surface area contributed by atoms with Gasteiger partial charge in [0.1, 0.15) is 6.04 Å². The van der Waals surface area contributed by atoms with E-state index >= 15 is 0 Å². The van der Waals surface area contributed by atoms with Crippen LogP contribution >= 0.6 is 0 Å². The number of nitrogens with one attached hydrogen (secondary N) is 1. The molecule has 0 saturated heterocycles. The number of ether oxygens (including phenoxy) is 1. The lowest BCUT2D eigenvalue weighted by molar-refractivity contribution is -0.143. The van der Waals surface area contributed by atoms with E-state index < -0.39 is 0 Å². The average molecular weight is 155 g/mol. The molecule has 2 atom stereocenters. The zero-order chi connectivity index (χ0) is 8.27. The highest BCUT2D eigenvalue weighted by Crippen LogP contribution is 2.05. The van der Waals surface area contributed by atoms with Crippen molar-refractivity contribution in [2.45, 2.75) is 25.4 Å². The van der Waals surface area contributed by atoms with Crippen molar-refractivity contribution < 1.29 is 9.53 Å². The molecular formula is C8H13NO2. The summed E-state index contributed by atoms with van der Waals surface area (Å²) < 4.78 is 4.60. The SMILES string of the molecule is COC(=O)[C@H]1CC=C[C@@H](C)N1. The van der Waals surface area contributed by atoms with E-state index in [4.69, 9.17) is 0 Å². The molecule has 3 heteroatoms. The van der Waals surface area contributed by atoms with Crippen LogP contribution in [-0.2, 0) is 9.53 Å². The Bertz CT molecular complexity index is 177. The molecule has 0 radical (unpaired) electrons. The van der Waals surface area contributed by atoms with Gasteiger partial charge in [0.2, 0.25) is 0 Å². The summed E-state index contributed by atoms with van der Waals surface area (Å²) in [6, 6.07) is 0.118. The fourth-order valence-electron chi connectivity index (χ4n) is 1.17. The van der Waals surface area contributed by atoms with Crippen LogP contribution in [0.4, 0.5) is 0 Å². The van der Waals surface area contributed by atoms with Crippen molar-refractivity contribution in [3.8, 4) is 0 Å². The van der Waals surface area contributed by atoms with Gasteiger partial charge in [0.05, 0.1) is 7.11 Å². The van der Waals surface area contributed by atoms with Gasteiger partial charge in [-0.15, -0.1) is 0 Å². The maximum Gasteiger partial charge on any atom is 0.323 e. The van der Waals surface area contributed by atoms with Crippen LogP contribution in [0, 0.1) is 0 Å². The first-order valence-electron chi connectivity index (χ1n) is 3.74. The van der Waals surface area contributed by atoms with Crippen LogP contribution in [0.2, 0.25) is 0 Å². The van der Waals surface area contributed by atoms with E-state index in [0.29, 0.717) is 0 Å². The second-order valence-corrected chi connectivity index (χ2v) is 2.69. The van der Waals surface area contributed by atoms with Crippen molar-refractivity contribution >= 4 is 5.97 Å². The molecule has 0 saturated carbocycles. The third-order valence-corrected chi connectivity index (χ3v) is 1.75. The van der Waals surface area contributed by atoms with Gasteiger partial charge in [0.25, 0.3) is 0 Å². The minimum absolute atomic E-state index is 0.153. The lowest BCUT2D eigenvalue weighted by atomic mass is 10.1. The molecule has 0 aliphatic carbocycles. The first kappa shape index (κ1) is 8.27. The van der Waals surface area contributed by atoms with Gasteiger partial charge in [-0.25, -0.2) is 0 Å². The minimum atomic E-state index is -0.179. The molecule has 11 heavy (non-hydrogen) atoms. The number of methoxy groups -OCH3 is 1. The van der Waals surface area contributed by atoms with Gasteiger partial charge in [-0.2, -0.15) is 0 Å². The molecule has 0 aromatic carbocycles. The van der Waals surface area contributed by atoms with E-state index in [1.807, 2.05) is 19.1 Å². The highest BCUT2D eigenvalue weighted by Gasteiger charge is 2.20. The van der Waals surface area contributed by atoms with E-state index in [2.05, 4.69) is 10.1 Å². The fourth-order valence-corrected chi connectivity index (χ4v) is 1.17. The third-order valence-electron chi connectivity index (χ3n) is 1.75. The second-order valence-electron chi connectivity index (χ2n) is 2.69. The smallest absolute Gasteiger partial charge is 0.323 e. The molecule has 0 fully saturated rings. The van der Waals surface area contributed by atoms with Crippen LogP contribution in [0.5, 0.6) is 0 Å². The normalized spacial score (nSPS) is 30.0. The molecule has 62 valence electrons. The van der Waals surface area contributed by atoms with Gasteiger partial charge >= 0.3 is 5.97 Å². The van der Waals surface area contributed by atoms with Crippen LogP contribution in [0.15, 0.2) is 12.2 Å². The molecule has 1 aliphatic heterocycles. The second kappa shape index (κ2) is 3.53. The topological polar surface area (TPSA) is 38.3 Å². The summed E-state index contributed by atoms with van der Waals surface area (Å²) in [5.41, 5.74) is 0. The van der Waals surface area contributed by atoms with Crippen molar-refractivity contribution in [2.75, 3.05) is 7.11 Å². The molecule has 1 heterocycles. The average Bonchev–Trinajstić information content (AvgIpc) is 2.03. The Kier molecular flexibility index (Phi) is 2.65. The third kappa shape index (κ3) is 2.05. The Labute approximate surface area is 66.4 Å². The molecule has 1 aliphatic rings. The maximum absolute atomic E-state index is 11.0. The Balaban J connectivity index is 2.49. The van der Waals surface area contributed by atoms with Crippen LogP contribution in [-0.4, -0.2) is 25.2 Å². The van der Waals surface area contributed by atoms with Gasteiger partial charge in [-0.1, -0.05) is 12.2 Å². The predicted molar refractivity (Wildman–Crippen MR) is 42.2 cm³/mol. The van der Waals surface area contributed by atoms with Crippen molar-refractivity contribution in [2.24, 2.45) is 0 Å². The first-order valence-corrected chi connectivity index (χ1v) is 3.74. The molecule has 0 aromatic rings. The first-order chi connectivity index (χ1) is 5.24. The van der Waals surface area contributed by atoms with Gasteiger partial charge in [0.15, 0.2) is 0 Å². The highest BCUT2D eigenvalue weighted by molar-refractivity contribution is 5.76. The largest absolute Gasteiger partial charge is 0.468 e. The Morgan fingerprint density at radius 3 is 3.00 bits per heavy atom. The molecule has 0 aromatic heterocycles. The van der Waals surface area contributed by atoms with Gasteiger partial charge in [0, 0.05) is 6.04 Å². The molecule has 0 unspecified atom stereocenters. The zero-order valence-corrected chi connectivity index (χ0v) is 6.83. The maximum atomic E-state index is 11.0. The van der Waals surface area contributed by atoms with Crippen LogP contribution in [0.25, 0.3) is 0 Å². The molecule has 0 amide bonds. The van der Waals surface area contributed by atoms with Gasteiger partial charge in [-0.3, -0.25) is 10.1 Å². The number of carbonyl (C=O) groups excluding carboxylic acids is 1. The summed E-state index contributed by atoms with van der Waals surface area (Å²) in [4.78, 5) is 11.0. The molecule has 0 spiro atoms. The van der Waals surface area contributed by atoms with E-state index in [1.165, 1.54) is 7.11 Å². The molecular weight excluding hydrogens is 142 g/mol. The zero-order valence-electron chi connectivity index (χ0n) is 6.83. The predicted octanol–water partition coefficient (Wildman–Crippen LogP) is 0.466. The van der Waals surface area contributed by atoms with Crippen LogP contribution < -0.4 is 5.32 Å². The van der Waals surface area contributed by atoms with E-state index in [-0.39, 0.29) is 18.1 Å². The Morgan fingerprint density at radius 2 is 2.45 bits per heavy atom. The fraction of sp³-hybridized carbons (Fsp3) is 0.625. The van der Waals surface area contributed by atoms with Crippen LogP contribution in [0.3, 0.4) is 0 Å². The van der Waals surface area contributed by atoms with E-state index in [1.54, 1.807) is 0 Å². The molecule has 0 bridgehead atoms. The van der Waals surface area contributed by atoms with E-state index in [9.17, 15) is 4.79 Å². The minimum Gasteiger partial charge on any atom is -0.468 e. The van der Waals surface area contributed by atoms with Crippen molar-refractivity contribution in [3.05, 3.63) is 12.2 Å². The van der Waals surface area contributed by atoms with Crippen molar-refractivity contribution in [1.82, 2.24) is 5.32 Å². The van der Waals surface area contributed by atoms with Gasteiger partial charge in [-0.05, 0) is 13.3 Å². The standard InChI is InChI=1S/C8H13NO2/c1-6-4-3-5-7(9-6)8(10)11-2/h3-4,6-7,9H,5H2,1-2H3/t6-,7-/m1/s1. The van der Waals surface area contributed by atoms with Gasteiger partial charge < -0.3 is 4.74 Å². The lowest BCUT2D eigenvalue weighted by Crippen LogP contribution is -2.43. The van der Waals surface area contributed by atoms with Crippen LogP contribution in [0.1, 0.15) is 13.3 Å². The summed E-state index contributed by atoms with van der Waals surface area (Å²) in [7, 11) is 1.41. The van der Waals surface area contributed by atoms with E-state index in [0.717, 1.165) is 6.42 Å². The highest BCUT2D eigenvalue weighted by atomic mass is 16.5. The summed E-state index contributed by atoms with van der Waals surface area (Å²) >= 11 is 0. The summed E-state index contributed by atoms with van der Waals surface area (Å²) in [5, 5.41) is 3.11. The lowest BCUT2D eigenvalue weighted by Gasteiger charge is -2.21. The number of carbonyl (C=O) groups is 1. The number of rotatable bonds is 1. The van der Waals surface area contributed by atoms with Crippen molar-refractivity contribution in [3.63, 3.8) is 0 Å². The number of esters is 1. The number of hydrogen-bond acceptors (Lipinski definition) is 3. The monoisotopic (exact) mass is 155 g/mol.